The minimum atomic E-state index is 0. The summed E-state index contributed by atoms with van der Waals surface area (Å²) < 4.78 is 0. The summed E-state index contributed by atoms with van der Waals surface area (Å²) >= 11 is 0. The molecule has 1 saturated carbocycles. The lowest BCUT2D eigenvalue weighted by molar-refractivity contribution is 0.463. The summed E-state index contributed by atoms with van der Waals surface area (Å²) in [5, 5.41) is 13.1. The predicted octanol–water partition coefficient (Wildman–Crippen LogP) is 3.09. The number of hydrogen-bond donors (Lipinski definition) is 2. The lowest BCUT2D eigenvalue weighted by Crippen LogP contribution is -2.17. The molecule has 2 atom stereocenters. The Bertz CT molecular complexity index is 329. The van der Waals surface area contributed by atoms with Crippen LogP contribution in [0.2, 0.25) is 0 Å². The predicted molar refractivity (Wildman–Crippen MR) is 69.0 cm³/mol. The lowest BCUT2D eigenvalue weighted by atomic mass is 10.2. The van der Waals surface area contributed by atoms with Crippen molar-refractivity contribution in [1.82, 2.24) is 5.32 Å². The van der Waals surface area contributed by atoms with Gasteiger partial charge in [-0.15, -0.1) is 12.4 Å². The fourth-order valence-electron chi connectivity index (χ4n) is 2.09. The number of rotatable bonds is 5. The molecule has 0 amide bonds. The van der Waals surface area contributed by atoms with Crippen LogP contribution in [0.5, 0.6) is 5.75 Å². The molecule has 2 nitrogen and oxygen atoms in total. The van der Waals surface area contributed by atoms with Crippen LogP contribution < -0.4 is 5.32 Å². The Kier molecular flexibility index (Phi) is 5.10. The van der Waals surface area contributed by atoms with Crippen molar-refractivity contribution in [2.45, 2.75) is 38.8 Å². The third-order valence-corrected chi connectivity index (χ3v) is 3.13. The second kappa shape index (κ2) is 6.12. The minimum Gasteiger partial charge on any atom is -0.508 e. The van der Waals surface area contributed by atoms with E-state index in [0.29, 0.717) is 11.8 Å². The van der Waals surface area contributed by atoms with Gasteiger partial charge in [-0.05, 0) is 24.8 Å². The van der Waals surface area contributed by atoms with Crippen LogP contribution >= 0.6 is 12.4 Å². The van der Waals surface area contributed by atoms with E-state index < -0.39 is 0 Å². The fraction of sp³-hybridized carbons (Fsp3) is 0.538. The quantitative estimate of drug-likeness (QED) is 0.831. The average molecular weight is 242 g/mol. The number of hydrogen-bond acceptors (Lipinski definition) is 2. The maximum Gasteiger partial charge on any atom is 0.120 e. The third-order valence-electron chi connectivity index (χ3n) is 3.13. The van der Waals surface area contributed by atoms with Crippen LogP contribution in [0.15, 0.2) is 24.3 Å². The number of phenolic OH excluding ortho intramolecular Hbond substituents is 1. The molecule has 1 aromatic rings. The minimum absolute atomic E-state index is 0. The van der Waals surface area contributed by atoms with Gasteiger partial charge < -0.3 is 10.4 Å². The first-order chi connectivity index (χ1) is 7.31. The molecule has 0 heterocycles. The van der Waals surface area contributed by atoms with E-state index in [-0.39, 0.29) is 12.4 Å². The Labute approximate surface area is 103 Å². The first-order valence-corrected chi connectivity index (χ1v) is 5.81. The highest BCUT2D eigenvalue weighted by Gasteiger charge is 2.35. The highest BCUT2D eigenvalue weighted by Crippen LogP contribution is 2.34. The van der Waals surface area contributed by atoms with E-state index >= 15 is 0 Å². The largest absolute Gasteiger partial charge is 0.508 e. The van der Waals surface area contributed by atoms with Gasteiger partial charge in [0.25, 0.3) is 0 Å². The molecule has 0 radical (unpaired) electrons. The maximum atomic E-state index is 9.57. The van der Waals surface area contributed by atoms with Gasteiger partial charge in [0.15, 0.2) is 0 Å². The first kappa shape index (κ1) is 13.3. The number of aromatic hydroxyl groups is 1. The zero-order valence-corrected chi connectivity index (χ0v) is 10.5. The molecule has 90 valence electrons. The second-order valence-electron chi connectivity index (χ2n) is 4.40. The zero-order valence-electron chi connectivity index (χ0n) is 9.65. The van der Waals surface area contributed by atoms with Gasteiger partial charge in [0.05, 0.1) is 0 Å². The van der Waals surface area contributed by atoms with E-state index in [1.807, 2.05) is 18.2 Å². The maximum absolute atomic E-state index is 9.57. The van der Waals surface area contributed by atoms with Crippen LogP contribution in [-0.4, -0.2) is 11.1 Å². The van der Waals surface area contributed by atoms with Gasteiger partial charge in [-0.3, -0.25) is 0 Å². The molecule has 0 spiro atoms. The molecule has 0 aromatic heterocycles. The van der Waals surface area contributed by atoms with Crippen LogP contribution in [0.1, 0.15) is 31.7 Å². The Morgan fingerprint density at radius 3 is 2.81 bits per heavy atom. The van der Waals surface area contributed by atoms with Gasteiger partial charge in [-0.2, -0.15) is 0 Å². The van der Waals surface area contributed by atoms with Crippen LogP contribution in [0.25, 0.3) is 0 Å². The highest BCUT2D eigenvalue weighted by atomic mass is 35.5. The van der Waals surface area contributed by atoms with E-state index in [0.717, 1.165) is 18.0 Å². The summed E-state index contributed by atoms with van der Waals surface area (Å²) in [5.41, 5.74) is 1.000. The smallest absolute Gasteiger partial charge is 0.120 e. The van der Waals surface area contributed by atoms with Crippen LogP contribution in [-0.2, 0) is 6.54 Å². The van der Waals surface area contributed by atoms with Crippen LogP contribution in [0.3, 0.4) is 0 Å². The van der Waals surface area contributed by atoms with Crippen molar-refractivity contribution in [2.24, 2.45) is 5.92 Å². The van der Waals surface area contributed by atoms with Crippen molar-refractivity contribution in [3.05, 3.63) is 29.8 Å². The molecule has 1 aliphatic rings. The summed E-state index contributed by atoms with van der Waals surface area (Å²) in [6.07, 6.45) is 3.92. The third kappa shape index (κ3) is 3.39. The standard InChI is InChI=1S/C13H19NO.ClH/c1-2-5-10-8-12(10)14-9-11-6-3-4-7-13(11)15;/h3-4,6-7,10,12,14-15H,2,5,8-9H2,1H3;1H. The molecule has 2 rings (SSSR count). The van der Waals surface area contributed by atoms with Gasteiger partial charge >= 0.3 is 0 Å². The van der Waals surface area contributed by atoms with Crippen molar-refractivity contribution >= 4 is 12.4 Å². The molecule has 0 bridgehead atoms. The van der Waals surface area contributed by atoms with Crippen LogP contribution in [0.4, 0.5) is 0 Å². The SMILES string of the molecule is CCCC1CC1NCc1ccccc1O.Cl. The summed E-state index contributed by atoms with van der Waals surface area (Å²) in [4.78, 5) is 0. The molecule has 1 fully saturated rings. The number of benzene rings is 1. The molecule has 1 aliphatic carbocycles. The van der Waals surface area contributed by atoms with Crippen molar-refractivity contribution in [2.75, 3.05) is 0 Å². The summed E-state index contributed by atoms with van der Waals surface area (Å²) in [7, 11) is 0. The molecule has 1 aromatic carbocycles. The summed E-state index contributed by atoms with van der Waals surface area (Å²) in [6.45, 7) is 3.02. The van der Waals surface area contributed by atoms with E-state index in [9.17, 15) is 5.11 Å². The molecule has 2 unspecified atom stereocenters. The Morgan fingerprint density at radius 2 is 2.12 bits per heavy atom. The van der Waals surface area contributed by atoms with Crippen LogP contribution in [0, 0.1) is 5.92 Å². The normalized spacial score (nSPS) is 22.6. The Hall–Kier alpha value is -0.730. The number of halogens is 1. The van der Waals surface area contributed by atoms with Gasteiger partial charge in [-0.1, -0.05) is 31.5 Å². The van der Waals surface area contributed by atoms with E-state index in [1.165, 1.54) is 19.3 Å². The lowest BCUT2D eigenvalue weighted by Gasteiger charge is -2.05. The van der Waals surface area contributed by atoms with Crippen molar-refractivity contribution in [3.63, 3.8) is 0 Å². The number of phenols is 1. The van der Waals surface area contributed by atoms with Crippen molar-refractivity contribution in [1.29, 1.82) is 0 Å². The Balaban J connectivity index is 0.00000128. The monoisotopic (exact) mass is 241 g/mol. The van der Waals surface area contributed by atoms with Gasteiger partial charge in [0.1, 0.15) is 5.75 Å². The zero-order chi connectivity index (χ0) is 10.7. The highest BCUT2D eigenvalue weighted by molar-refractivity contribution is 5.85. The molecular formula is C13H20ClNO. The average Bonchev–Trinajstić information content (AvgIpc) is 2.96. The summed E-state index contributed by atoms with van der Waals surface area (Å²) in [5.74, 6) is 1.28. The van der Waals surface area contributed by atoms with Crippen molar-refractivity contribution in [3.8, 4) is 5.75 Å². The summed E-state index contributed by atoms with van der Waals surface area (Å²) in [6, 6.07) is 8.22. The van der Waals surface area contributed by atoms with E-state index in [4.69, 9.17) is 0 Å². The van der Waals surface area contributed by atoms with E-state index in [2.05, 4.69) is 12.2 Å². The number of para-hydroxylation sites is 1. The number of nitrogens with one attached hydrogen (secondary N) is 1. The van der Waals surface area contributed by atoms with Crippen molar-refractivity contribution < 1.29 is 5.11 Å². The Morgan fingerprint density at radius 1 is 1.38 bits per heavy atom. The molecular weight excluding hydrogens is 222 g/mol. The van der Waals surface area contributed by atoms with Gasteiger partial charge in [-0.25, -0.2) is 0 Å². The molecule has 0 saturated heterocycles. The fourth-order valence-corrected chi connectivity index (χ4v) is 2.09. The molecule has 16 heavy (non-hydrogen) atoms. The van der Waals surface area contributed by atoms with Gasteiger partial charge in [0.2, 0.25) is 0 Å². The second-order valence-corrected chi connectivity index (χ2v) is 4.40. The molecule has 2 N–H and O–H groups in total. The first-order valence-electron chi connectivity index (χ1n) is 5.81. The van der Waals surface area contributed by atoms with Gasteiger partial charge in [0, 0.05) is 18.2 Å². The topological polar surface area (TPSA) is 32.3 Å². The molecule has 3 heteroatoms. The molecule has 0 aliphatic heterocycles. The van der Waals surface area contributed by atoms with E-state index in [1.54, 1.807) is 6.07 Å².